The maximum atomic E-state index is 6.02. The van der Waals surface area contributed by atoms with Crippen LogP contribution < -0.4 is 14.8 Å². The van der Waals surface area contributed by atoms with Crippen LogP contribution in [-0.2, 0) is 0 Å². The van der Waals surface area contributed by atoms with Crippen LogP contribution in [0.25, 0.3) is 0 Å². The molecule has 0 bridgehead atoms. The molecule has 1 heterocycles. The predicted molar refractivity (Wildman–Crippen MR) is 115 cm³/mol. The molecule has 0 radical (unpaired) electrons. The third kappa shape index (κ3) is 3.76. The Labute approximate surface area is 168 Å². The molecule has 0 amide bonds. The van der Waals surface area contributed by atoms with Gasteiger partial charge in [0, 0.05) is 17.2 Å². The molecular formula is C25H31NO2. The first kappa shape index (κ1) is 18.9. The Hall–Kier alpha value is -2.42. The molecule has 2 aliphatic rings. The van der Waals surface area contributed by atoms with E-state index in [2.05, 4.69) is 73.8 Å². The first-order chi connectivity index (χ1) is 13.7. The van der Waals surface area contributed by atoms with E-state index >= 15 is 0 Å². The number of benzene rings is 2. The van der Waals surface area contributed by atoms with Crippen LogP contribution in [0.2, 0.25) is 0 Å². The Morgan fingerprint density at radius 1 is 1.07 bits per heavy atom. The molecule has 4 rings (SSSR count). The largest absolute Gasteiger partial charge is 0.494 e. The lowest BCUT2D eigenvalue weighted by Crippen LogP contribution is -2.29. The van der Waals surface area contributed by atoms with Crippen molar-refractivity contribution in [3.05, 3.63) is 65.7 Å². The minimum atomic E-state index is 0.253. The van der Waals surface area contributed by atoms with E-state index in [1.54, 1.807) is 0 Å². The van der Waals surface area contributed by atoms with Crippen LogP contribution in [0.15, 0.2) is 54.6 Å². The van der Waals surface area contributed by atoms with E-state index in [1.807, 2.05) is 6.92 Å². The van der Waals surface area contributed by atoms with Gasteiger partial charge < -0.3 is 14.8 Å². The second-order valence-electron chi connectivity index (χ2n) is 8.23. The van der Waals surface area contributed by atoms with E-state index in [-0.39, 0.29) is 6.04 Å². The lowest BCUT2D eigenvalue weighted by molar-refractivity contribution is 0.288. The zero-order valence-electron chi connectivity index (χ0n) is 17.2. The van der Waals surface area contributed by atoms with E-state index < -0.39 is 0 Å². The molecule has 1 aliphatic heterocycles. The SMILES string of the molecule is CCOc1ccccc1C1Nc2ccc(OCCC(C)C)cc2C2C=CCC21. The van der Waals surface area contributed by atoms with Crippen molar-refractivity contribution in [3.63, 3.8) is 0 Å². The Bertz CT molecular complexity index is 842. The van der Waals surface area contributed by atoms with Crippen LogP contribution >= 0.6 is 0 Å². The van der Waals surface area contributed by atoms with Crippen molar-refractivity contribution in [2.75, 3.05) is 18.5 Å². The summed E-state index contributed by atoms with van der Waals surface area (Å²) in [5.41, 5.74) is 3.82. The highest BCUT2D eigenvalue weighted by Crippen LogP contribution is 2.51. The Morgan fingerprint density at radius 3 is 2.75 bits per heavy atom. The average Bonchev–Trinajstić information content (AvgIpc) is 3.18. The Morgan fingerprint density at radius 2 is 1.93 bits per heavy atom. The Balaban J connectivity index is 1.62. The number of allylic oxidation sites excluding steroid dienone is 2. The van der Waals surface area contributed by atoms with Crippen molar-refractivity contribution < 1.29 is 9.47 Å². The fourth-order valence-electron chi connectivity index (χ4n) is 4.41. The highest BCUT2D eigenvalue weighted by Gasteiger charge is 2.39. The number of ether oxygens (including phenoxy) is 2. The van der Waals surface area contributed by atoms with Crippen LogP contribution in [0.3, 0.4) is 0 Å². The molecule has 3 heteroatoms. The highest BCUT2D eigenvalue weighted by atomic mass is 16.5. The molecule has 2 aromatic rings. The monoisotopic (exact) mass is 377 g/mol. The van der Waals surface area contributed by atoms with Gasteiger partial charge in [0.1, 0.15) is 11.5 Å². The summed E-state index contributed by atoms with van der Waals surface area (Å²) >= 11 is 0. The van der Waals surface area contributed by atoms with Gasteiger partial charge >= 0.3 is 0 Å². The lowest BCUT2D eigenvalue weighted by Gasteiger charge is -2.38. The summed E-state index contributed by atoms with van der Waals surface area (Å²) in [6, 6.07) is 15.2. The van der Waals surface area contributed by atoms with Gasteiger partial charge in [0.15, 0.2) is 0 Å². The van der Waals surface area contributed by atoms with Gasteiger partial charge in [-0.05, 0) is 61.4 Å². The molecule has 2 aromatic carbocycles. The normalized spacial score (nSPS) is 22.5. The molecule has 0 saturated carbocycles. The molecule has 3 nitrogen and oxygen atoms in total. The summed E-state index contributed by atoms with van der Waals surface area (Å²) in [5, 5.41) is 3.81. The van der Waals surface area contributed by atoms with E-state index in [1.165, 1.54) is 16.8 Å². The zero-order chi connectivity index (χ0) is 19.5. The fourth-order valence-corrected chi connectivity index (χ4v) is 4.41. The number of para-hydroxylation sites is 1. The van der Waals surface area contributed by atoms with Crippen LogP contribution in [0.4, 0.5) is 5.69 Å². The van der Waals surface area contributed by atoms with Crippen LogP contribution in [0.5, 0.6) is 11.5 Å². The van der Waals surface area contributed by atoms with Gasteiger partial charge in [-0.2, -0.15) is 0 Å². The number of fused-ring (bicyclic) bond motifs is 3. The molecule has 3 atom stereocenters. The van der Waals surface area contributed by atoms with E-state index in [9.17, 15) is 0 Å². The molecule has 148 valence electrons. The van der Waals surface area contributed by atoms with Crippen molar-refractivity contribution in [3.8, 4) is 11.5 Å². The Kier molecular flexibility index (Phi) is 5.61. The van der Waals surface area contributed by atoms with Crippen LogP contribution in [0, 0.1) is 11.8 Å². The van der Waals surface area contributed by atoms with Crippen LogP contribution in [0.1, 0.15) is 56.7 Å². The number of rotatable bonds is 7. The van der Waals surface area contributed by atoms with Crippen molar-refractivity contribution in [2.45, 2.75) is 45.6 Å². The van der Waals surface area contributed by atoms with Crippen LogP contribution in [-0.4, -0.2) is 13.2 Å². The lowest BCUT2D eigenvalue weighted by atomic mass is 9.77. The van der Waals surface area contributed by atoms with Gasteiger partial charge in [-0.15, -0.1) is 0 Å². The summed E-state index contributed by atoms with van der Waals surface area (Å²) in [4.78, 5) is 0. The van der Waals surface area contributed by atoms with Crippen molar-refractivity contribution in [2.24, 2.45) is 11.8 Å². The van der Waals surface area contributed by atoms with Gasteiger partial charge in [0.25, 0.3) is 0 Å². The number of nitrogens with one attached hydrogen (secondary N) is 1. The predicted octanol–water partition coefficient (Wildman–Crippen LogP) is 6.34. The quantitative estimate of drug-likeness (QED) is 0.571. The second-order valence-corrected chi connectivity index (χ2v) is 8.23. The minimum absolute atomic E-state index is 0.253. The first-order valence-corrected chi connectivity index (χ1v) is 10.6. The van der Waals surface area contributed by atoms with Gasteiger partial charge in [0.05, 0.1) is 19.3 Å². The van der Waals surface area contributed by atoms with Gasteiger partial charge in [0.2, 0.25) is 0 Å². The topological polar surface area (TPSA) is 30.5 Å². The van der Waals surface area contributed by atoms with Crippen molar-refractivity contribution >= 4 is 5.69 Å². The molecule has 0 spiro atoms. The van der Waals surface area contributed by atoms with E-state index in [4.69, 9.17) is 9.47 Å². The molecule has 0 saturated heterocycles. The maximum Gasteiger partial charge on any atom is 0.124 e. The highest BCUT2D eigenvalue weighted by molar-refractivity contribution is 5.62. The molecule has 28 heavy (non-hydrogen) atoms. The molecule has 3 unspecified atom stereocenters. The third-order valence-corrected chi connectivity index (χ3v) is 5.85. The molecular weight excluding hydrogens is 346 g/mol. The van der Waals surface area contributed by atoms with Gasteiger partial charge in [-0.1, -0.05) is 44.2 Å². The first-order valence-electron chi connectivity index (χ1n) is 10.6. The molecule has 0 fully saturated rings. The summed E-state index contributed by atoms with van der Waals surface area (Å²) in [6.45, 7) is 7.96. The molecule has 0 aromatic heterocycles. The van der Waals surface area contributed by atoms with E-state index in [0.717, 1.165) is 30.9 Å². The minimum Gasteiger partial charge on any atom is -0.494 e. The molecule has 1 N–H and O–H groups in total. The smallest absolute Gasteiger partial charge is 0.124 e. The molecule has 1 aliphatic carbocycles. The zero-order valence-corrected chi connectivity index (χ0v) is 17.2. The van der Waals surface area contributed by atoms with Crippen molar-refractivity contribution in [1.29, 1.82) is 0 Å². The summed E-state index contributed by atoms with van der Waals surface area (Å²) in [7, 11) is 0. The number of hydrogen-bond donors (Lipinski definition) is 1. The standard InChI is InChI=1S/C25H31NO2/c1-4-27-24-11-6-5-8-21(24)25-20-10-7-9-19(20)22-16-18(12-13-23(22)26-25)28-15-14-17(2)3/h5-9,11-13,16-17,19-20,25-26H,4,10,14-15H2,1-3H3. The number of anilines is 1. The third-order valence-electron chi connectivity index (χ3n) is 5.85. The maximum absolute atomic E-state index is 6.02. The van der Waals surface area contributed by atoms with Crippen molar-refractivity contribution in [1.82, 2.24) is 0 Å². The number of hydrogen-bond acceptors (Lipinski definition) is 3. The summed E-state index contributed by atoms with van der Waals surface area (Å²) in [5.74, 6) is 3.55. The fraction of sp³-hybridized carbons (Fsp3) is 0.440. The summed E-state index contributed by atoms with van der Waals surface area (Å²) < 4.78 is 12.0. The second kappa shape index (κ2) is 8.30. The van der Waals surface area contributed by atoms with E-state index in [0.29, 0.717) is 24.4 Å². The van der Waals surface area contributed by atoms with Gasteiger partial charge in [-0.3, -0.25) is 0 Å². The average molecular weight is 378 g/mol. The van der Waals surface area contributed by atoms with Gasteiger partial charge in [-0.25, -0.2) is 0 Å². The summed E-state index contributed by atoms with van der Waals surface area (Å²) in [6.07, 6.45) is 6.87.